The van der Waals surface area contributed by atoms with Crippen molar-refractivity contribution >= 4 is 71.2 Å². The van der Waals surface area contributed by atoms with Crippen molar-refractivity contribution in [2.45, 2.75) is 103 Å². The fourth-order valence-corrected chi connectivity index (χ4v) is 13.0. The number of hydrogen-bond donors (Lipinski definition) is 1. The van der Waals surface area contributed by atoms with Crippen LogP contribution in [-0.2, 0) is 29.6 Å². The van der Waals surface area contributed by atoms with E-state index in [1.54, 1.807) is 11.0 Å². The number of piperidine rings is 2. The predicted octanol–water partition coefficient (Wildman–Crippen LogP) is 8.42. The second-order valence-electron chi connectivity index (χ2n) is 19.3. The van der Waals surface area contributed by atoms with Crippen molar-refractivity contribution in [1.29, 1.82) is 0 Å². The Balaban J connectivity index is 0.000000170. The highest BCUT2D eigenvalue weighted by Crippen LogP contribution is 2.43. The van der Waals surface area contributed by atoms with Crippen molar-refractivity contribution in [2.75, 3.05) is 43.6 Å². The molecule has 4 aliphatic heterocycles. The SMILES string of the molecule is Cc1noc(C)c1-c1ccc2c(c1)nc([C@@H]1CCC(=O)N1)n2C1CCN(S(C)(=O)=O)CC1.Cc1noc(C)c1-c1ccc2c(c1)nc([C@@H]1CCC(=O)N1c1ccc(Cl)c(F)c1)n2C1CCN(S(C)(=O)=O)CC1. The average molecular weight is 1040 g/mol. The Morgan fingerprint density at radius 2 is 1.15 bits per heavy atom. The summed E-state index contributed by atoms with van der Waals surface area (Å²) in [6.45, 7) is 9.34. The molecule has 0 bridgehead atoms. The highest BCUT2D eigenvalue weighted by atomic mass is 35.5. The average Bonchev–Trinajstić information content (AvgIpc) is 4.21. The number of rotatable bonds is 9. The molecule has 4 aliphatic rings. The zero-order valence-corrected chi connectivity index (χ0v) is 43.2. The Kier molecular flexibility index (Phi) is 13.2. The largest absolute Gasteiger partial charge is 0.361 e. The van der Waals surface area contributed by atoms with Crippen LogP contribution >= 0.6 is 11.6 Å². The Hall–Kier alpha value is -6.00. The Labute approximate surface area is 421 Å². The number of benzene rings is 3. The minimum absolute atomic E-state index is 0.0105. The van der Waals surface area contributed by atoms with E-state index in [1.165, 1.54) is 33.3 Å². The molecular formula is C50H56ClFN10O8S2. The number of halogens is 2. The van der Waals surface area contributed by atoms with Gasteiger partial charge in [0.2, 0.25) is 31.9 Å². The van der Waals surface area contributed by atoms with Gasteiger partial charge in [-0.15, -0.1) is 0 Å². The summed E-state index contributed by atoms with van der Waals surface area (Å²) in [5.41, 5.74) is 9.32. The number of carbonyl (C=O) groups excluding carboxylic acids is 2. The molecule has 4 fully saturated rings. The third kappa shape index (κ3) is 9.33. The number of aromatic nitrogens is 6. The number of nitrogens with zero attached hydrogens (tertiary/aromatic N) is 9. The van der Waals surface area contributed by atoms with Crippen LogP contribution in [-0.4, -0.2) is 105 Å². The molecule has 0 spiro atoms. The summed E-state index contributed by atoms with van der Waals surface area (Å²) in [5.74, 6) is 2.35. The third-order valence-electron chi connectivity index (χ3n) is 14.6. The molecule has 72 heavy (non-hydrogen) atoms. The maximum Gasteiger partial charge on any atom is 0.227 e. The molecular weight excluding hydrogens is 987 g/mol. The number of aryl methyl sites for hydroxylation is 4. The minimum atomic E-state index is -3.29. The number of imidazole rings is 2. The smallest absolute Gasteiger partial charge is 0.227 e. The summed E-state index contributed by atoms with van der Waals surface area (Å²) in [5, 5.41) is 11.2. The molecule has 1 N–H and O–H groups in total. The lowest BCUT2D eigenvalue weighted by molar-refractivity contribution is -0.119. The van der Waals surface area contributed by atoms with E-state index in [2.05, 4.69) is 36.9 Å². The van der Waals surface area contributed by atoms with Crippen LogP contribution in [0.3, 0.4) is 0 Å². The van der Waals surface area contributed by atoms with Gasteiger partial charge in [0.25, 0.3) is 0 Å². The minimum Gasteiger partial charge on any atom is -0.361 e. The lowest BCUT2D eigenvalue weighted by Crippen LogP contribution is -2.39. The zero-order valence-electron chi connectivity index (χ0n) is 40.9. The van der Waals surface area contributed by atoms with Gasteiger partial charge in [0, 0.05) is 67.9 Å². The van der Waals surface area contributed by atoms with Crippen molar-refractivity contribution in [3.8, 4) is 22.3 Å². The normalized spacial score (nSPS) is 20.0. The van der Waals surface area contributed by atoms with Gasteiger partial charge in [0.05, 0.1) is 63.1 Å². The van der Waals surface area contributed by atoms with E-state index >= 15 is 0 Å². The van der Waals surface area contributed by atoms with Crippen LogP contribution in [0, 0.1) is 33.5 Å². The number of amides is 2. The number of anilines is 1. The maximum absolute atomic E-state index is 14.4. The first-order chi connectivity index (χ1) is 34.2. The molecule has 0 radical (unpaired) electrons. The van der Waals surface area contributed by atoms with Gasteiger partial charge in [-0.3, -0.25) is 9.59 Å². The topological polar surface area (TPSA) is 212 Å². The zero-order chi connectivity index (χ0) is 51.0. The Morgan fingerprint density at radius 1 is 0.653 bits per heavy atom. The molecule has 4 aromatic heterocycles. The summed E-state index contributed by atoms with van der Waals surface area (Å²) in [6, 6.07) is 16.1. The summed E-state index contributed by atoms with van der Waals surface area (Å²) in [6.07, 6.45) is 7.13. The number of carbonyl (C=O) groups is 2. The first kappa shape index (κ1) is 49.6. The number of nitrogens with one attached hydrogen (secondary N) is 1. The molecule has 0 aliphatic carbocycles. The lowest BCUT2D eigenvalue weighted by atomic mass is 10.0. The highest BCUT2D eigenvalue weighted by molar-refractivity contribution is 7.88. The van der Waals surface area contributed by atoms with Gasteiger partial charge in [-0.2, -0.15) is 0 Å². The van der Waals surface area contributed by atoms with Gasteiger partial charge < -0.3 is 28.4 Å². The van der Waals surface area contributed by atoms with Gasteiger partial charge >= 0.3 is 0 Å². The van der Waals surface area contributed by atoms with Gasteiger partial charge in [-0.05, 0) is 120 Å². The first-order valence-corrected chi connectivity index (χ1v) is 28.2. The molecule has 8 heterocycles. The van der Waals surface area contributed by atoms with Crippen molar-refractivity contribution < 1.29 is 39.9 Å². The summed E-state index contributed by atoms with van der Waals surface area (Å²) in [7, 11) is -6.49. The van der Waals surface area contributed by atoms with Crippen molar-refractivity contribution in [3.63, 3.8) is 0 Å². The molecule has 2 amide bonds. The van der Waals surface area contributed by atoms with E-state index in [1.807, 2.05) is 52.0 Å². The molecule has 380 valence electrons. The highest BCUT2D eigenvalue weighted by Gasteiger charge is 2.39. The lowest BCUT2D eigenvalue weighted by Gasteiger charge is -2.33. The molecule has 2 atom stereocenters. The van der Waals surface area contributed by atoms with E-state index < -0.39 is 31.9 Å². The summed E-state index contributed by atoms with van der Waals surface area (Å²) < 4.78 is 80.8. The van der Waals surface area contributed by atoms with Gasteiger partial charge in [-0.25, -0.2) is 39.8 Å². The van der Waals surface area contributed by atoms with E-state index in [0.29, 0.717) is 94.8 Å². The van der Waals surface area contributed by atoms with Crippen LogP contribution in [0.15, 0.2) is 63.6 Å². The van der Waals surface area contributed by atoms with Crippen molar-refractivity contribution in [3.05, 3.63) is 100.0 Å². The molecule has 3 aromatic carbocycles. The van der Waals surface area contributed by atoms with Crippen molar-refractivity contribution in [2.24, 2.45) is 0 Å². The van der Waals surface area contributed by atoms with E-state index in [0.717, 1.165) is 67.3 Å². The third-order valence-corrected chi connectivity index (χ3v) is 17.5. The molecule has 11 rings (SSSR count). The molecule has 4 saturated heterocycles. The molecule has 22 heteroatoms. The van der Waals surface area contributed by atoms with Gasteiger partial charge in [0.1, 0.15) is 29.0 Å². The molecule has 7 aromatic rings. The Bertz CT molecular complexity index is 3460. The van der Waals surface area contributed by atoms with Gasteiger partial charge in [0.15, 0.2) is 0 Å². The Morgan fingerprint density at radius 3 is 1.60 bits per heavy atom. The van der Waals surface area contributed by atoms with Gasteiger partial charge in [-0.1, -0.05) is 34.0 Å². The van der Waals surface area contributed by atoms with E-state index in [-0.39, 0.29) is 35.0 Å². The van der Waals surface area contributed by atoms with Crippen LogP contribution in [0.1, 0.15) is 110 Å². The second-order valence-corrected chi connectivity index (χ2v) is 23.7. The fourth-order valence-electron chi connectivity index (χ4n) is 11.1. The predicted molar refractivity (Wildman–Crippen MR) is 270 cm³/mol. The first-order valence-electron chi connectivity index (χ1n) is 24.1. The van der Waals surface area contributed by atoms with Crippen LogP contribution in [0.2, 0.25) is 5.02 Å². The molecule has 0 saturated carbocycles. The number of hydrogen-bond acceptors (Lipinski definition) is 12. The quantitative estimate of drug-likeness (QED) is 0.144. The summed E-state index contributed by atoms with van der Waals surface area (Å²) in [4.78, 5) is 36.7. The van der Waals surface area contributed by atoms with Crippen LogP contribution in [0.5, 0.6) is 0 Å². The van der Waals surface area contributed by atoms with E-state index in [9.17, 15) is 30.8 Å². The molecule has 18 nitrogen and oxygen atoms in total. The monoisotopic (exact) mass is 1040 g/mol. The maximum atomic E-state index is 14.4. The fraction of sp³-hybridized carbons (Fsp3) is 0.440. The van der Waals surface area contributed by atoms with Crippen LogP contribution in [0.25, 0.3) is 44.3 Å². The standard InChI is InChI=1S/C28H29ClFN5O4S.C22H27N5O4S/c1-16-27(17(2)39-32-16)18-4-7-24-23(14-18)31-28(35(24)19-10-12-33(13-11-19)40(3,37)38)25-8-9-26(36)34(25)20-5-6-21(29)22(30)15-20;1-13-21(14(2)31-25-13)15-4-6-19-18(12-15)24-22(17-5-7-20(28)23-17)27(19)16-8-10-26(11-9-16)32(3,29)30/h4-7,14-15,19,25H,8-13H2,1-3H3;4,6,12,16-17H,5,7-11H2,1-3H3,(H,23,28)/t25-;17-/m00/s1. The van der Waals surface area contributed by atoms with Crippen molar-refractivity contribution in [1.82, 2.24) is 43.3 Å². The number of fused-ring (bicyclic) bond motifs is 2. The molecule has 0 unspecified atom stereocenters. The van der Waals surface area contributed by atoms with Crippen LogP contribution < -0.4 is 10.2 Å². The van der Waals surface area contributed by atoms with E-state index in [4.69, 9.17) is 30.6 Å². The van der Waals surface area contributed by atoms with Crippen LogP contribution in [0.4, 0.5) is 10.1 Å². The second kappa shape index (κ2) is 19.1. The summed E-state index contributed by atoms with van der Waals surface area (Å²) >= 11 is 5.93. The number of sulfonamides is 2.